The van der Waals surface area contributed by atoms with Crippen LogP contribution in [0.1, 0.15) is 25.7 Å². The van der Waals surface area contributed by atoms with Crippen molar-refractivity contribution in [3.05, 3.63) is 29.3 Å². The topological polar surface area (TPSA) is 79.1 Å². The Morgan fingerprint density at radius 1 is 1.17 bits per heavy atom. The van der Waals surface area contributed by atoms with E-state index >= 15 is 0 Å². The first-order valence-corrected chi connectivity index (χ1v) is 11.3. The maximum absolute atomic E-state index is 12.6. The van der Waals surface area contributed by atoms with Crippen molar-refractivity contribution in [2.45, 2.75) is 31.8 Å². The molecule has 4 rings (SSSR count). The van der Waals surface area contributed by atoms with Gasteiger partial charge in [-0.1, -0.05) is 17.7 Å². The number of nitrogens with two attached hydrogens (primary N) is 1. The van der Waals surface area contributed by atoms with Gasteiger partial charge >= 0.3 is 5.97 Å². The summed E-state index contributed by atoms with van der Waals surface area (Å²) >= 11 is 6.12. The number of ether oxygens (including phenoxy) is 1. The number of esters is 1. The molecule has 0 unspecified atom stereocenters. The number of hydrogen-bond donors (Lipinski definition) is 1. The maximum atomic E-state index is 12.6. The highest BCUT2D eigenvalue weighted by molar-refractivity contribution is 6.30. The molecule has 3 fully saturated rings. The fraction of sp³-hybridized carbons (Fsp3) is 0.636. The van der Waals surface area contributed by atoms with Crippen molar-refractivity contribution in [2.75, 3.05) is 57.3 Å². The zero-order valence-electron chi connectivity index (χ0n) is 17.4. The van der Waals surface area contributed by atoms with E-state index in [1.54, 1.807) is 4.90 Å². The molecule has 164 valence electrons. The number of piperidine rings is 1. The first-order chi connectivity index (χ1) is 14.5. The molecule has 1 aromatic rings. The van der Waals surface area contributed by atoms with Crippen LogP contribution in [0.5, 0.6) is 0 Å². The van der Waals surface area contributed by atoms with E-state index in [2.05, 4.69) is 15.9 Å². The molecule has 0 aliphatic carbocycles. The Morgan fingerprint density at radius 2 is 1.90 bits per heavy atom. The maximum Gasteiger partial charge on any atom is 0.312 e. The molecule has 0 saturated carbocycles. The summed E-state index contributed by atoms with van der Waals surface area (Å²) in [5.41, 5.74) is 6.23. The van der Waals surface area contributed by atoms with Crippen LogP contribution in [0, 0.1) is 5.41 Å². The normalized spacial score (nSPS) is 24.3. The van der Waals surface area contributed by atoms with Gasteiger partial charge in [0.1, 0.15) is 6.10 Å². The van der Waals surface area contributed by atoms with Crippen LogP contribution in [0.15, 0.2) is 24.3 Å². The second kappa shape index (κ2) is 9.12. The fourth-order valence-electron chi connectivity index (χ4n) is 4.95. The Labute approximate surface area is 183 Å². The minimum Gasteiger partial charge on any atom is -0.462 e. The second-order valence-corrected chi connectivity index (χ2v) is 9.13. The number of halogens is 1. The van der Waals surface area contributed by atoms with E-state index in [0.29, 0.717) is 25.9 Å². The van der Waals surface area contributed by atoms with Gasteiger partial charge in [0.2, 0.25) is 5.91 Å². The Morgan fingerprint density at radius 3 is 2.57 bits per heavy atom. The molecule has 1 spiro atoms. The molecule has 0 bridgehead atoms. The summed E-state index contributed by atoms with van der Waals surface area (Å²) in [6.07, 6.45) is 3.01. The van der Waals surface area contributed by atoms with Crippen LogP contribution in [0.2, 0.25) is 5.02 Å². The zero-order chi connectivity index (χ0) is 21.1. The number of nitrogens with zero attached hydrogens (tertiary/aromatic N) is 3. The van der Waals surface area contributed by atoms with Crippen LogP contribution in [0.4, 0.5) is 5.69 Å². The number of benzene rings is 1. The van der Waals surface area contributed by atoms with Gasteiger partial charge in [0, 0.05) is 62.9 Å². The smallest absolute Gasteiger partial charge is 0.312 e. The van der Waals surface area contributed by atoms with Crippen molar-refractivity contribution >= 4 is 29.2 Å². The van der Waals surface area contributed by atoms with Gasteiger partial charge in [-0.15, -0.1) is 0 Å². The third kappa shape index (κ3) is 4.58. The molecule has 0 radical (unpaired) electrons. The molecule has 1 atom stereocenters. The number of carbonyl (C=O) groups is 2. The first kappa shape index (κ1) is 21.4. The summed E-state index contributed by atoms with van der Waals surface area (Å²) in [6, 6.07) is 8.01. The quantitative estimate of drug-likeness (QED) is 0.711. The number of cyclic esters (lactones) is 1. The summed E-state index contributed by atoms with van der Waals surface area (Å²) in [6.45, 7) is 6.11. The lowest BCUT2D eigenvalue weighted by Crippen LogP contribution is -2.47. The highest BCUT2D eigenvalue weighted by Crippen LogP contribution is 2.43. The second-order valence-electron chi connectivity index (χ2n) is 8.69. The number of rotatable bonds is 5. The summed E-state index contributed by atoms with van der Waals surface area (Å²) in [7, 11) is 0. The third-order valence-electron chi connectivity index (χ3n) is 6.89. The first-order valence-electron chi connectivity index (χ1n) is 10.9. The van der Waals surface area contributed by atoms with E-state index in [9.17, 15) is 9.59 Å². The number of anilines is 1. The molecule has 3 aliphatic heterocycles. The monoisotopic (exact) mass is 434 g/mol. The molecule has 7 nitrogen and oxygen atoms in total. The molecular formula is C22H31ClN4O3. The Bertz CT molecular complexity index is 773. The number of likely N-dealkylation sites (tertiary alicyclic amines) is 1. The van der Waals surface area contributed by atoms with Crippen LogP contribution in [-0.2, 0) is 14.3 Å². The molecule has 2 N–H and O–H groups in total. The van der Waals surface area contributed by atoms with E-state index in [1.807, 2.05) is 18.2 Å². The van der Waals surface area contributed by atoms with E-state index in [0.717, 1.165) is 50.6 Å². The Kier molecular flexibility index (Phi) is 6.51. The Balaban J connectivity index is 1.22. The van der Waals surface area contributed by atoms with Gasteiger partial charge in [0.15, 0.2) is 0 Å². The van der Waals surface area contributed by atoms with Crippen molar-refractivity contribution in [3.8, 4) is 0 Å². The molecule has 8 heteroatoms. The van der Waals surface area contributed by atoms with Crippen molar-refractivity contribution in [2.24, 2.45) is 11.1 Å². The Hall–Kier alpha value is -1.83. The molecule has 3 aliphatic rings. The SMILES string of the molecule is NCC(=O)N1CCC2(CC1)C[C@@H](CCN1CCN(c3cccc(Cl)c3)CC1)OC2=O. The molecule has 3 saturated heterocycles. The minimum absolute atomic E-state index is 0.0137. The van der Waals surface area contributed by atoms with Crippen molar-refractivity contribution in [1.29, 1.82) is 0 Å². The van der Waals surface area contributed by atoms with Gasteiger partial charge in [-0.3, -0.25) is 14.5 Å². The van der Waals surface area contributed by atoms with E-state index in [4.69, 9.17) is 22.1 Å². The minimum atomic E-state index is -0.401. The van der Waals surface area contributed by atoms with Crippen molar-refractivity contribution in [3.63, 3.8) is 0 Å². The number of amides is 1. The molecule has 0 aromatic heterocycles. The van der Waals surface area contributed by atoms with Gasteiger partial charge in [-0.2, -0.15) is 0 Å². The van der Waals surface area contributed by atoms with E-state index in [1.165, 1.54) is 5.69 Å². The van der Waals surface area contributed by atoms with Gasteiger partial charge in [0.25, 0.3) is 0 Å². The summed E-state index contributed by atoms with van der Waals surface area (Å²) in [4.78, 5) is 31.0. The van der Waals surface area contributed by atoms with Crippen LogP contribution < -0.4 is 10.6 Å². The average molecular weight is 435 g/mol. The zero-order valence-corrected chi connectivity index (χ0v) is 18.1. The van der Waals surface area contributed by atoms with Crippen molar-refractivity contribution < 1.29 is 14.3 Å². The van der Waals surface area contributed by atoms with Gasteiger partial charge in [-0.05, 0) is 37.5 Å². The lowest BCUT2D eigenvalue weighted by Gasteiger charge is -2.37. The van der Waals surface area contributed by atoms with Crippen LogP contribution in [0.25, 0.3) is 0 Å². The largest absolute Gasteiger partial charge is 0.462 e. The molecule has 1 aromatic carbocycles. The number of carbonyl (C=O) groups excluding carboxylic acids is 2. The number of piperazine rings is 1. The average Bonchev–Trinajstić information content (AvgIpc) is 3.07. The molecule has 3 heterocycles. The molecule has 30 heavy (non-hydrogen) atoms. The standard InChI is InChI=1S/C22H31ClN4O3/c23-17-2-1-3-18(14-17)26-12-10-25(11-13-26)7-4-19-15-22(21(29)30-19)5-8-27(9-6-22)20(28)16-24/h1-3,14,19H,4-13,15-16,24H2/t19-/m1/s1. The highest BCUT2D eigenvalue weighted by atomic mass is 35.5. The van der Waals surface area contributed by atoms with E-state index < -0.39 is 5.41 Å². The van der Waals surface area contributed by atoms with Gasteiger partial charge < -0.3 is 20.3 Å². The summed E-state index contributed by atoms with van der Waals surface area (Å²) < 4.78 is 5.75. The summed E-state index contributed by atoms with van der Waals surface area (Å²) in [5, 5.41) is 0.769. The fourth-order valence-corrected chi connectivity index (χ4v) is 5.13. The van der Waals surface area contributed by atoms with E-state index in [-0.39, 0.29) is 24.5 Å². The molecular weight excluding hydrogens is 404 g/mol. The number of hydrogen-bond acceptors (Lipinski definition) is 6. The lowest BCUT2D eigenvalue weighted by atomic mass is 9.75. The third-order valence-corrected chi connectivity index (χ3v) is 7.12. The van der Waals surface area contributed by atoms with Crippen LogP contribution in [0.3, 0.4) is 0 Å². The van der Waals surface area contributed by atoms with Crippen LogP contribution in [-0.4, -0.2) is 80.1 Å². The predicted octanol–water partition coefficient (Wildman–Crippen LogP) is 1.74. The lowest BCUT2D eigenvalue weighted by molar-refractivity contribution is -0.152. The van der Waals surface area contributed by atoms with Crippen LogP contribution >= 0.6 is 11.6 Å². The van der Waals surface area contributed by atoms with Gasteiger partial charge in [-0.25, -0.2) is 0 Å². The summed E-state index contributed by atoms with van der Waals surface area (Å²) in [5.74, 6) is -0.109. The molecule has 1 amide bonds. The van der Waals surface area contributed by atoms with Gasteiger partial charge in [0.05, 0.1) is 12.0 Å². The predicted molar refractivity (Wildman–Crippen MR) is 117 cm³/mol. The highest BCUT2D eigenvalue weighted by Gasteiger charge is 2.50. The van der Waals surface area contributed by atoms with Crippen molar-refractivity contribution in [1.82, 2.24) is 9.80 Å².